The lowest BCUT2D eigenvalue weighted by atomic mass is 9.88. The second kappa shape index (κ2) is 11.7. The topological polar surface area (TPSA) is 82.0 Å². The second-order valence-electron chi connectivity index (χ2n) is 8.91. The third kappa shape index (κ3) is 6.32. The van der Waals surface area contributed by atoms with Crippen molar-refractivity contribution in [3.63, 3.8) is 0 Å². The maximum absolute atomic E-state index is 12.7. The molecule has 2 N–H and O–H groups in total. The summed E-state index contributed by atoms with van der Waals surface area (Å²) in [6, 6.07) is 28.8. The van der Waals surface area contributed by atoms with Gasteiger partial charge in [0.1, 0.15) is 18.1 Å². The van der Waals surface area contributed by atoms with E-state index in [1.54, 1.807) is 6.07 Å². The number of rotatable bonds is 11. The zero-order valence-electron chi connectivity index (χ0n) is 20.7. The molecule has 0 bridgehead atoms. The molecule has 4 aromatic rings. The molecule has 0 aliphatic carbocycles. The zero-order valence-corrected chi connectivity index (χ0v) is 20.7. The van der Waals surface area contributed by atoms with E-state index in [9.17, 15) is 4.79 Å². The molecule has 1 aromatic heterocycles. The Balaban J connectivity index is 1.27. The first kappa shape index (κ1) is 24.5. The molecule has 0 spiro atoms. The minimum absolute atomic E-state index is 0.0578. The van der Waals surface area contributed by atoms with E-state index in [1.165, 1.54) is 0 Å². The van der Waals surface area contributed by atoms with Crippen LogP contribution in [0, 0.1) is 0 Å². The van der Waals surface area contributed by atoms with Gasteiger partial charge in [-0.15, -0.1) is 0 Å². The van der Waals surface area contributed by atoms with Gasteiger partial charge in [-0.05, 0) is 61.0 Å². The van der Waals surface area contributed by atoms with Crippen LogP contribution in [0.25, 0.3) is 0 Å². The number of carbonyl (C=O) groups is 1. The van der Waals surface area contributed by atoms with Crippen LogP contribution in [0.5, 0.6) is 17.2 Å². The Morgan fingerprint density at radius 2 is 1.68 bits per heavy atom. The van der Waals surface area contributed by atoms with Gasteiger partial charge in [-0.3, -0.25) is 4.79 Å². The molecular formula is C30H30N2O5. The Labute approximate surface area is 216 Å². The average Bonchev–Trinajstić information content (AvgIpc) is 3.60. The number of anilines is 1. The number of carbonyl (C=O) groups excluding carboxylic acids is 1. The number of para-hydroxylation sites is 2. The first-order valence-electron chi connectivity index (χ1n) is 12.4. The van der Waals surface area contributed by atoms with E-state index in [4.69, 9.17) is 18.6 Å². The molecule has 0 saturated carbocycles. The van der Waals surface area contributed by atoms with Crippen molar-refractivity contribution >= 4 is 11.6 Å². The van der Waals surface area contributed by atoms with E-state index in [-0.39, 0.29) is 30.4 Å². The zero-order chi connectivity index (χ0) is 25.5. The van der Waals surface area contributed by atoms with Crippen LogP contribution in [-0.4, -0.2) is 31.9 Å². The van der Waals surface area contributed by atoms with Gasteiger partial charge in [-0.2, -0.15) is 0 Å². The van der Waals surface area contributed by atoms with Gasteiger partial charge in [0, 0.05) is 30.6 Å². The summed E-state index contributed by atoms with van der Waals surface area (Å²) >= 11 is 0. The molecule has 0 radical (unpaired) electrons. The maximum atomic E-state index is 12.7. The highest BCUT2D eigenvalue weighted by Gasteiger charge is 2.25. The highest BCUT2D eigenvalue weighted by Crippen LogP contribution is 2.36. The first-order valence-corrected chi connectivity index (χ1v) is 12.4. The van der Waals surface area contributed by atoms with E-state index in [2.05, 4.69) is 23.6 Å². The van der Waals surface area contributed by atoms with Gasteiger partial charge in [0.15, 0.2) is 17.3 Å². The molecule has 3 aromatic carbocycles. The third-order valence-electron chi connectivity index (χ3n) is 6.35. The van der Waals surface area contributed by atoms with Crippen LogP contribution in [-0.2, 0) is 6.42 Å². The van der Waals surface area contributed by atoms with Crippen LogP contribution in [0.1, 0.15) is 34.7 Å². The lowest BCUT2D eigenvalue weighted by Crippen LogP contribution is -2.36. The Morgan fingerprint density at radius 1 is 0.919 bits per heavy atom. The van der Waals surface area contributed by atoms with E-state index >= 15 is 0 Å². The largest absolute Gasteiger partial charge is 0.492 e. The minimum Gasteiger partial charge on any atom is -0.492 e. The van der Waals surface area contributed by atoms with E-state index < -0.39 is 0 Å². The first-order chi connectivity index (χ1) is 18.2. The van der Waals surface area contributed by atoms with Crippen LogP contribution in [0.4, 0.5) is 5.69 Å². The van der Waals surface area contributed by atoms with Gasteiger partial charge >= 0.3 is 0 Å². The fourth-order valence-electron chi connectivity index (χ4n) is 4.38. The van der Waals surface area contributed by atoms with Crippen molar-refractivity contribution in [1.82, 2.24) is 5.32 Å². The van der Waals surface area contributed by atoms with Crippen LogP contribution in [0.3, 0.4) is 0 Å². The monoisotopic (exact) mass is 498 g/mol. The number of benzene rings is 3. The molecule has 1 amide bonds. The third-order valence-corrected chi connectivity index (χ3v) is 6.35. The van der Waals surface area contributed by atoms with Gasteiger partial charge < -0.3 is 29.3 Å². The fraction of sp³-hybridized carbons (Fsp3) is 0.233. The van der Waals surface area contributed by atoms with Crippen molar-refractivity contribution in [3.8, 4) is 17.2 Å². The Bertz CT molecular complexity index is 1310. The fourth-order valence-corrected chi connectivity index (χ4v) is 4.38. The highest BCUT2D eigenvalue weighted by atomic mass is 16.7. The Morgan fingerprint density at radius 3 is 2.49 bits per heavy atom. The average molecular weight is 499 g/mol. The van der Waals surface area contributed by atoms with Crippen LogP contribution < -0.4 is 24.8 Å². The van der Waals surface area contributed by atoms with E-state index in [1.807, 2.05) is 78.9 Å². The van der Waals surface area contributed by atoms with E-state index in [0.717, 1.165) is 34.3 Å². The summed E-state index contributed by atoms with van der Waals surface area (Å²) in [5, 5.41) is 6.45. The SMILES string of the molecule is C[C@@H](NCCOc1ccccc1)[C@H](Cc1ccc(C(=O)Nc2ccccc2)o1)c1ccc2c(c1)OCO2. The Kier molecular flexibility index (Phi) is 7.72. The van der Waals surface area contributed by atoms with E-state index in [0.29, 0.717) is 19.6 Å². The van der Waals surface area contributed by atoms with Crippen molar-refractivity contribution in [2.24, 2.45) is 0 Å². The molecule has 7 nitrogen and oxygen atoms in total. The van der Waals surface area contributed by atoms with Crippen molar-refractivity contribution in [2.75, 3.05) is 25.3 Å². The van der Waals surface area contributed by atoms with Crippen LogP contribution in [0.15, 0.2) is 95.4 Å². The summed E-state index contributed by atoms with van der Waals surface area (Å²) in [5.74, 6) is 3.13. The van der Waals surface area contributed by atoms with Gasteiger partial charge in [-0.25, -0.2) is 0 Å². The molecule has 5 rings (SSSR count). The van der Waals surface area contributed by atoms with Crippen molar-refractivity contribution < 1.29 is 23.4 Å². The molecular weight excluding hydrogens is 468 g/mol. The smallest absolute Gasteiger partial charge is 0.291 e. The molecule has 0 fully saturated rings. The normalized spacial score (nSPS) is 13.6. The predicted octanol–water partition coefficient (Wildman–Crippen LogP) is 5.64. The number of hydrogen-bond acceptors (Lipinski definition) is 6. The predicted molar refractivity (Wildman–Crippen MR) is 142 cm³/mol. The molecule has 0 unspecified atom stereocenters. The van der Waals surface area contributed by atoms with Gasteiger partial charge in [0.25, 0.3) is 5.91 Å². The molecule has 1 aliphatic heterocycles. The number of amides is 1. The number of hydrogen-bond donors (Lipinski definition) is 2. The maximum Gasteiger partial charge on any atom is 0.291 e. The van der Waals surface area contributed by atoms with Crippen LogP contribution in [0.2, 0.25) is 0 Å². The molecule has 37 heavy (non-hydrogen) atoms. The van der Waals surface area contributed by atoms with Gasteiger partial charge in [-0.1, -0.05) is 42.5 Å². The van der Waals surface area contributed by atoms with Crippen molar-refractivity contribution in [2.45, 2.75) is 25.3 Å². The summed E-state index contributed by atoms with van der Waals surface area (Å²) in [5.41, 5.74) is 1.82. The minimum atomic E-state index is -0.277. The summed E-state index contributed by atoms with van der Waals surface area (Å²) in [7, 11) is 0. The van der Waals surface area contributed by atoms with Crippen molar-refractivity contribution in [1.29, 1.82) is 0 Å². The number of ether oxygens (including phenoxy) is 3. The molecule has 2 atom stereocenters. The van der Waals surface area contributed by atoms with Gasteiger partial charge in [0.05, 0.1) is 0 Å². The second-order valence-corrected chi connectivity index (χ2v) is 8.91. The highest BCUT2D eigenvalue weighted by molar-refractivity contribution is 6.02. The quantitative estimate of drug-likeness (QED) is 0.260. The van der Waals surface area contributed by atoms with Crippen molar-refractivity contribution in [3.05, 3.63) is 108 Å². The van der Waals surface area contributed by atoms with Gasteiger partial charge in [0.2, 0.25) is 6.79 Å². The summed E-state index contributed by atoms with van der Waals surface area (Å²) in [6.07, 6.45) is 0.603. The molecule has 1 aliphatic rings. The number of nitrogens with one attached hydrogen (secondary N) is 2. The lowest BCUT2D eigenvalue weighted by Gasteiger charge is -2.25. The molecule has 7 heteroatoms. The lowest BCUT2D eigenvalue weighted by molar-refractivity contribution is 0.0994. The summed E-state index contributed by atoms with van der Waals surface area (Å²) in [6.45, 7) is 3.60. The van der Waals surface area contributed by atoms with Crippen LogP contribution >= 0.6 is 0 Å². The molecule has 0 saturated heterocycles. The number of fused-ring (bicyclic) bond motifs is 1. The summed E-state index contributed by atoms with van der Waals surface area (Å²) in [4.78, 5) is 12.7. The summed E-state index contributed by atoms with van der Waals surface area (Å²) < 4.78 is 22.9. The molecule has 190 valence electrons. The Hall–Kier alpha value is -4.23. The standard InChI is InChI=1S/C30H30N2O5/c1-21(31-16-17-34-24-10-6-3-7-11-24)26(22-12-14-27-29(18-22)36-20-35-27)19-25-13-15-28(37-25)30(33)32-23-8-4-2-5-9-23/h2-15,18,21,26,31H,16-17,19-20H2,1H3,(H,32,33)/t21-,26+/m1/s1. The molecule has 2 heterocycles. The number of furan rings is 1.